The number of ether oxygens (including phenoxy) is 1. The Morgan fingerprint density at radius 1 is 1.42 bits per heavy atom. The third kappa shape index (κ3) is 4.84. The molecule has 5 N–H and O–H groups in total. The number of methoxy groups -OCH3 is 1. The first-order valence-electron chi connectivity index (χ1n) is 5.67. The molecule has 0 bridgehead atoms. The zero-order chi connectivity index (χ0) is 14.3. The number of benzene rings is 1. The van der Waals surface area contributed by atoms with Crippen molar-refractivity contribution in [3.8, 4) is 0 Å². The molecule has 1 aromatic carbocycles. The van der Waals surface area contributed by atoms with Gasteiger partial charge in [0.1, 0.15) is 0 Å². The van der Waals surface area contributed by atoms with E-state index in [1.807, 2.05) is 0 Å². The molecule has 7 heteroatoms. The number of hydrogen-bond acceptors (Lipinski definition) is 5. The molecule has 0 saturated carbocycles. The van der Waals surface area contributed by atoms with Gasteiger partial charge in [0.05, 0.1) is 30.1 Å². The zero-order valence-electron chi connectivity index (χ0n) is 10.6. The predicted molar refractivity (Wildman–Crippen MR) is 71.2 cm³/mol. The number of carbonyl (C=O) groups is 2. The first kappa shape index (κ1) is 14.8. The first-order chi connectivity index (χ1) is 9.04. The summed E-state index contributed by atoms with van der Waals surface area (Å²) in [6.45, 7) is 0.936. The van der Waals surface area contributed by atoms with Crippen molar-refractivity contribution in [2.24, 2.45) is 0 Å². The molecule has 0 radical (unpaired) electrons. The van der Waals surface area contributed by atoms with Crippen molar-refractivity contribution >= 4 is 23.3 Å². The van der Waals surface area contributed by atoms with E-state index in [9.17, 15) is 9.59 Å². The summed E-state index contributed by atoms with van der Waals surface area (Å²) in [5, 5.41) is 14.3. The molecule has 0 spiro atoms. The second kappa shape index (κ2) is 7.22. The number of rotatable bonds is 7. The quantitative estimate of drug-likeness (QED) is 0.413. The topological polar surface area (TPSA) is 114 Å². The van der Waals surface area contributed by atoms with Gasteiger partial charge >= 0.3 is 5.97 Å². The van der Waals surface area contributed by atoms with Gasteiger partial charge in [0, 0.05) is 13.7 Å². The lowest BCUT2D eigenvalue weighted by Crippen LogP contribution is -2.32. The molecule has 7 nitrogen and oxygen atoms in total. The number of carboxylic acids is 1. The summed E-state index contributed by atoms with van der Waals surface area (Å²) in [5.74, 6) is -1.24. The van der Waals surface area contributed by atoms with Crippen LogP contribution in [0.15, 0.2) is 18.2 Å². The lowest BCUT2D eigenvalue weighted by Gasteiger charge is -2.10. The van der Waals surface area contributed by atoms with Gasteiger partial charge in [0.25, 0.3) is 0 Å². The number of aromatic carboxylic acids is 1. The molecule has 1 aromatic rings. The number of carbonyl (C=O) groups excluding carboxylic acids is 1. The van der Waals surface area contributed by atoms with E-state index in [4.69, 9.17) is 15.6 Å². The van der Waals surface area contributed by atoms with Gasteiger partial charge in [-0.25, -0.2) is 4.79 Å². The fourth-order valence-electron chi connectivity index (χ4n) is 1.39. The summed E-state index contributed by atoms with van der Waals surface area (Å²) in [4.78, 5) is 22.1. The van der Waals surface area contributed by atoms with Crippen LogP contribution in [0.1, 0.15) is 10.4 Å². The zero-order valence-corrected chi connectivity index (χ0v) is 10.6. The molecule has 19 heavy (non-hydrogen) atoms. The molecule has 104 valence electrons. The van der Waals surface area contributed by atoms with Crippen molar-refractivity contribution in [1.29, 1.82) is 0 Å². The molecule has 1 amide bonds. The van der Waals surface area contributed by atoms with Crippen molar-refractivity contribution < 1.29 is 19.4 Å². The molecular weight excluding hydrogens is 250 g/mol. The highest BCUT2D eigenvalue weighted by Gasteiger charge is 2.07. The molecule has 0 aliphatic heterocycles. The standard InChI is InChI=1S/C12H17N3O4/c1-19-5-4-14-11(16)7-15-10-3-2-8(12(17)18)6-9(10)13/h2-3,6,15H,4-5,7,13H2,1H3,(H,14,16)(H,17,18). The summed E-state index contributed by atoms with van der Waals surface area (Å²) in [7, 11) is 1.55. The van der Waals surface area contributed by atoms with Crippen LogP contribution in [0.5, 0.6) is 0 Å². The first-order valence-corrected chi connectivity index (χ1v) is 5.67. The Morgan fingerprint density at radius 3 is 2.74 bits per heavy atom. The van der Waals surface area contributed by atoms with Crippen LogP contribution >= 0.6 is 0 Å². The third-order valence-electron chi connectivity index (χ3n) is 2.37. The second-order valence-electron chi connectivity index (χ2n) is 3.80. The second-order valence-corrected chi connectivity index (χ2v) is 3.80. The maximum atomic E-state index is 11.4. The Balaban J connectivity index is 2.49. The van der Waals surface area contributed by atoms with E-state index >= 15 is 0 Å². The fraction of sp³-hybridized carbons (Fsp3) is 0.333. The van der Waals surface area contributed by atoms with Crippen molar-refractivity contribution in [3.05, 3.63) is 23.8 Å². The molecule has 0 aliphatic rings. The number of amides is 1. The van der Waals surface area contributed by atoms with Gasteiger partial charge in [-0.1, -0.05) is 0 Å². The van der Waals surface area contributed by atoms with Crippen molar-refractivity contribution in [2.45, 2.75) is 0 Å². The maximum Gasteiger partial charge on any atom is 0.335 e. The van der Waals surface area contributed by atoms with Crippen LogP contribution in [0.4, 0.5) is 11.4 Å². The van der Waals surface area contributed by atoms with E-state index in [0.717, 1.165) is 0 Å². The molecule has 0 atom stereocenters. The molecule has 0 aliphatic carbocycles. The van der Waals surface area contributed by atoms with E-state index in [1.54, 1.807) is 7.11 Å². The number of nitrogens with one attached hydrogen (secondary N) is 2. The van der Waals surface area contributed by atoms with Crippen molar-refractivity contribution in [1.82, 2.24) is 5.32 Å². The van der Waals surface area contributed by atoms with Gasteiger partial charge in [-0.05, 0) is 18.2 Å². The lowest BCUT2D eigenvalue weighted by atomic mass is 10.2. The van der Waals surface area contributed by atoms with E-state index in [1.165, 1.54) is 18.2 Å². The van der Waals surface area contributed by atoms with E-state index < -0.39 is 5.97 Å². The van der Waals surface area contributed by atoms with E-state index in [2.05, 4.69) is 10.6 Å². The number of nitrogens with two attached hydrogens (primary N) is 1. The van der Waals surface area contributed by atoms with Gasteiger partial charge in [-0.3, -0.25) is 4.79 Å². The number of anilines is 2. The predicted octanol–water partition coefficient (Wildman–Crippen LogP) is 0.142. The molecule has 1 rings (SSSR count). The average Bonchev–Trinajstić information content (AvgIpc) is 2.37. The fourth-order valence-corrected chi connectivity index (χ4v) is 1.39. The Morgan fingerprint density at radius 2 is 2.16 bits per heavy atom. The Hall–Kier alpha value is -2.28. The minimum atomic E-state index is -1.05. The van der Waals surface area contributed by atoms with Crippen LogP contribution in [0.2, 0.25) is 0 Å². The summed E-state index contributed by atoms with van der Waals surface area (Å²) in [6.07, 6.45) is 0. The minimum absolute atomic E-state index is 0.0559. The summed E-state index contributed by atoms with van der Waals surface area (Å²) in [5.41, 5.74) is 6.60. The highest BCUT2D eigenvalue weighted by Crippen LogP contribution is 2.19. The lowest BCUT2D eigenvalue weighted by molar-refractivity contribution is -0.119. The van der Waals surface area contributed by atoms with E-state index in [-0.39, 0.29) is 23.7 Å². The minimum Gasteiger partial charge on any atom is -0.478 e. The molecule has 0 unspecified atom stereocenters. The van der Waals surface area contributed by atoms with Crippen LogP contribution < -0.4 is 16.4 Å². The molecular formula is C12H17N3O4. The van der Waals surface area contributed by atoms with Crippen molar-refractivity contribution in [2.75, 3.05) is 37.9 Å². The average molecular weight is 267 g/mol. The Kier molecular flexibility index (Phi) is 5.62. The van der Waals surface area contributed by atoms with Gasteiger partial charge in [0.2, 0.25) is 5.91 Å². The van der Waals surface area contributed by atoms with Crippen LogP contribution in [0.25, 0.3) is 0 Å². The molecule has 0 aromatic heterocycles. The van der Waals surface area contributed by atoms with Gasteiger partial charge in [0.15, 0.2) is 0 Å². The van der Waals surface area contributed by atoms with E-state index in [0.29, 0.717) is 18.8 Å². The SMILES string of the molecule is COCCNC(=O)CNc1ccc(C(=O)O)cc1N. The number of hydrogen-bond donors (Lipinski definition) is 4. The van der Waals surface area contributed by atoms with Crippen LogP contribution in [0.3, 0.4) is 0 Å². The highest BCUT2D eigenvalue weighted by atomic mass is 16.5. The summed E-state index contributed by atoms with van der Waals surface area (Å²) >= 11 is 0. The largest absolute Gasteiger partial charge is 0.478 e. The molecule has 0 fully saturated rings. The van der Waals surface area contributed by atoms with Crippen LogP contribution in [-0.2, 0) is 9.53 Å². The number of nitrogen functional groups attached to an aromatic ring is 1. The smallest absolute Gasteiger partial charge is 0.335 e. The summed E-state index contributed by atoms with van der Waals surface area (Å²) in [6, 6.07) is 4.29. The third-order valence-corrected chi connectivity index (χ3v) is 2.37. The molecule has 0 heterocycles. The Bertz CT molecular complexity index is 462. The van der Waals surface area contributed by atoms with Crippen molar-refractivity contribution in [3.63, 3.8) is 0 Å². The van der Waals surface area contributed by atoms with Gasteiger partial charge in [-0.2, -0.15) is 0 Å². The summed E-state index contributed by atoms with van der Waals surface area (Å²) < 4.78 is 4.80. The van der Waals surface area contributed by atoms with Crippen LogP contribution in [0, 0.1) is 0 Å². The normalized spacial score (nSPS) is 9.95. The number of carboxylic acid groups (broad SMARTS) is 1. The van der Waals surface area contributed by atoms with Gasteiger partial charge < -0.3 is 26.2 Å². The van der Waals surface area contributed by atoms with Crippen LogP contribution in [-0.4, -0.2) is 43.8 Å². The molecule has 0 saturated heterocycles. The highest BCUT2D eigenvalue weighted by molar-refractivity contribution is 5.91. The monoisotopic (exact) mass is 267 g/mol. The Labute approximate surface area is 110 Å². The van der Waals surface area contributed by atoms with Gasteiger partial charge in [-0.15, -0.1) is 0 Å². The maximum absolute atomic E-state index is 11.4.